The average molecular weight is 433 g/mol. The number of pyridine rings is 1. The molecule has 0 radical (unpaired) electrons. The summed E-state index contributed by atoms with van der Waals surface area (Å²) in [5.41, 5.74) is 1.60. The number of furan rings is 1. The second kappa shape index (κ2) is 9.31. The van der Waals surface area contributed by atoms with Gasteiger partial charge in [-0.1, -0.05) is 17.8 Å². The molecular formula is C22H19N5O3S. The third kappa shape index (κ3) is 5.20. The Balaban J connectivity index is 1.36. The number of anilines is 2. The normalized spacial score (nSPS) is 10.6. The van der Waals surface area contributed by atoms with Gasteiger partial charge >= 0.3 is 0 Å². The number of aromatic nitrogens is 3. The Morgan fingerprint density at radius 1 is 1.00 bits per heavy atom. The molecule has 0 aliphatic rings. The van der Waals surface area contributed by atoms with E-state index in [1.165, 1.54) is 11.8 Å². The van der Waals surface area contributed by atoms with Gasteiger partial charge in [0.25, 0.3) is 11.8 Å². The van der Waals surface area contributed by atoms with Crippen molar-refractivity contribution in [3.63, 3.8) is 0 Å². The number of hydrogen-bond donors (Lipinski definition) is 2. The number of carbonyl (C=O) groups is 2. The predicted octanol–water partition coefficient (Wildman–Crippen LogP) is 4.21. The molecule has 0 aliphatic carbocycles. The van der Waals surface area contributed by atoms with E-state index in [2.05, 4.69) is 20.6 Å². The van der Waals surface area contributed by atoms with E-state index < -0.39 is 0 Å². The Morgan fingerprint density at radius 2 is 1.74 bits per heavy atom. The molecule has 3 aromatic heterocycles. The summed E-state index contributed by atoms with van der Waals surface area (Å²) in [6.07, 6.45) is 6.71. The van der Waals surface area contributed by atoms with E-state index in [9.17, 15) is 9.59 Å². The van der Waals surface area contributed by atoms with Gasteiger partial charge in [-0.05, 0) is 42.5 Å². The van der Waals surface area contributed by atoms with Crippen LogP contribution in [0.1, 0.15) is 26.7 Å². The molecular weight excluding hydrogens is 414 g/mol. The maximum atomic E-state index is 12.5. The third-order valence-corrected chi connectivity index (χ3v) is 5.41. The van der Waals surface area contributed by atoms with Crippen LogP contribution < -0.4 is 10.6 Å². The number of rotatable bonds is 7. The molecule has 156 valence electrons. The van der Waals surface area contributed by atoms with Gasteiger partial charge in [0, 0.05) is 48.8 Å². The Bertz CT molecular complexity index is 1200. The summed E-state index contributed by atoms with van der Waals surface area (Å²) in [6, 6.07) is 13.6. The van der Waals surface area contributed by atoms with Crippen LogP contribution in [-0.2, 0) is 12.8 Å². The van der Waals surface area contributed by atoms with E-state index in [1.807, 2.05) is 17.8 Å². The number of thioether (sulfide) groups is 1. The molecule has 0 aliphatic heterocycles. The molecule has 0 unspecified atom stereocenters. The van der Waals surface area contributed by atoms with Gasteiger partial charge in [-0.25, -0.2) is 4.98 Å². The van der Waals surface area contributed by atoms with Crippen LogP contribution in [0.3, 0.4) is 0 Å². The molecule has 31 heavy (non-hydrogen) atoms. The maximum absolute atomic E-state index is 12.5. The molecule has 0 fully saturated rings. The number of nitrogens with zero attached hydrogens (tertiary/aromatic N) is 3. The molecule has 8 nitrogen and oxygen atoms in total. The third-order valence-electron chi connectivity index (χ3n) is 4.33. The lowest BCUT2D eigenvalue weighted by Gasteiger charge is -2.08. The number of nitrogens with one attached hydrogen (secondary N) is 2. The topological polar surface area (TPSA) is 102 Å². The predicted molar refractivity (Wildman–Crippen MR) is 118 cm³/mol. The minimum absolute atomic E-state index is 0.210. The molecule has 0 bridgehead atoms. The molecule has 1 aromatic carbocycles. The minimum atomic E-state index is -0.370. The van der Waals surface area contributed by atoms with Crippen molar-refractivity contribution >= 4 is 35.0 Å². The van der Waals surface area contributed by atoms with Crippen molar-refractivity contribution in [1.82, 2.24) is 14.5 Å². The number of aryl methyl sites for hydroxylation is 1. The summed E-state index contributed by atoms with van der Waals surface area (Å²) < 4.78 is 7.58. The first kappa shape index (κ1) is 20.4. The molecule has 0 atom stereocenters. The first-order valence-corrected chi connectivity index (χ1v) is 10.4. The molecule has 4 aromatic rings. The van der Waals surface area contributed by atoms with Gasteiger partial charge < -0.3 is 19.6 Å². The van der Waals surface area contributed by atoms with Crippen LogP contribution in [-0.4, -0.2) is 26.3 Å². The highest BCUT2D eigenvalue weighted by atomic mass is 32.2. The zero-order chi connectivity index (χ0) is 21.6. The summed E-state index contributed by atoms with van der Waals surface area (Å²) >= 11 is 1.52. The zero-order valence-electron chi connectivity index (χ0n) is 16.6. The maximum Gasteiger partial charge on any atom is 0.291 e. The monoisotopic (exact) mass is 433 g/mol. The van der Waals surface area contributed by atoms with E-state index in [1.54, 1.807) is 67.1 Å². The highest BCUT2D eigenvalue weighted by molar-refractivity contribution is 7.98. The van der Waals surface area contributed by atoms with Gasteiger partial charge in [-0.2, -0.15) is 0 Å². The summed E-state index contributed by atoms with van der Waals surface area (Å²) in [5, 5.41) is 6.45. The van der Waals surface area contributed by atoms with Gasteiger partial charge in [-0.3, -0.25) is 14.6 Å². The van der Waals surface area contributed by atoms with Crippen molar-refractivity contribution in [3.05, 3.63) is 90.4 Å². The van der Waals surface area contributed by atoms with Crippen LogP contribution in [0, 0.1) is 0 Å². The minimum Gasteiger partial charge on any atom is -0.455 e. The second-order valence-corrected chi connectivity index (χ2v) is 7.54. The molecule has 0 spiro atoms. The molecule has 0 saturated heterocycles. The van der Waals surface area contributed by atoms with Crippen molar-refractivity contribution in [2.45, 2.75) is 10.9 Å². The number of hydrogen-bond acceptors (Lipinski definition) is 6. The number of carbonyl (C=O) groups excluding carboxylic acids is 2. The fourth-order valence-electron chi connectivity index (χ4n) is 2.78. The van der Waals surface area contributed by atoms with Gasteiger partial charge in [0.05, 0.1) is 5.75 Å². The van der Waals surface area contributed by atoms with Crippen molar-refractivity contribution < 1.29 is 14.0 Å². The van der Waals surface area contributed by atoms with Gasteiger partial charge in [0.2, 0.25) is 0 Å². The SMILES string of the molecule is Cn1ccnc1SCc1ccc(C(=O)Nc2cccc(NC(=O)c3ccncc3)c2)o1. The summed E-state index contributed by atoms with van der Waals surface area (Å²) in [7, 11) is 1.92. The molecule has 2 amide bonds. The number of imidazole rings is 1. The first-order chi connectivity index (χ1) is 15.1. The van der Waals surface area contributed by atoms with Crippen LogP contribution in [0.2, 0.25) is 0 Å². The van der Waals surface area contributed by atoms with Crippen LogP contribution in [0.15, 0.2) is 82.9 Å². The lowest BCUT2D eigenvalue weighted by molar-refractivity contribution is 0.0993. The van der Waals surface area contributed by atoms with Crippen LogP contribution in [0.4, 0.5) is 11.4 Å². The molecule has 2 N–H and O–H groups in total. The Kier molecular flexibility index (Phi) is 6.13. The Labute approximate surface area is 182 Å². The highest BCUT2D eigenvalue weighted by Crippen LogP contribution is 2.23. The standard InChI is InChI=1S/C22H19N5O3S/c1-27-12-11-24-22(27)31-14-18-5-6-19(30-18)21(29)26-17-4-2-3-16(13-17)25-20(28)15-7-9-23-10-8-15/h2-13H,14H2,1H3,(H,25,28)(H,26,29). The lowest BCUT2D eigenvalue weighted by atomic mass is 10.2. The van der Waals surface area contributed by atoms with Gasteiger partial charge in [0.1, 0.15) is 5.76 Å². The Morgan fingerprint density at radius 3 is 2.45 bits per heavy atom. The van der Waals surface area contributed by atoms with Gasteiger partial charge in [0.15, 0.2) is 10.9 Å². The summed E-state index contributed by atoms with van der Waals surface area (Å²) in [4.78, 5) is 33.0. The largest absolute Gasteiger partial charge is 0.455 e. The first-order valence-electron chi connectivity index (χ1n) is 9.40. The summed E-state index contributed by atoms with van der Waals surface area (Å²) in [5.74, 6) is 0.824. The van der Waals surface area contributed by atoms with E-state index >= 15 is 0 Å². The highest BCUT2D eigenvalue weighted by Gasteiger charge is 2.13. The summed E-state index contributed by atoms with van der Waals surface area (Å²) in [6.45, 7) is 0. The van der Waals surface area contributed by atoms with E-state index in [0.29, 0.717) is 28.5 Å². The molecule has 4 rings (SSSR count). The number of amides is 2. The van der Waals surface area contributed by atoms with Crippen molar-refractivity contribution in [3.8, 4) is 0 Å². The van der Waals surface area contributed by atoms with E-state index in [4.69, 9.17) is 4.42 Å². The van der Waals surface area contributed by atoms with Crippen molar-refractivity contribution in [2.24, 2.45) is 7.05 Å². The fraction of sp³-hybridized carbons (Fsp3) is 0.0909. The van der Waals surface area contributed by atoms with E-state index in [0.717, 1.165) is 5.16 Å². The molecule has 3 heterocycles. The quantitative estimate of drug-likeness (QED) is 0.424. The molecule has 9 heteroatoms. The van der Waals surface area contributed by atoms with Crippen LogP contribution in [0.25, 0.3) is 0 Å². The average Bonchev–Trinajstić information content (AvgIpc) is 3.42. The second-order valence-electron chi connectivity index (χ2n) is 6.60. The fourth-order valence-corrected chi connectivity index (χ4v) is 3.60. The molecule has 0 saturated carbocycles. The number of benzene rings is 1. The van der Waals surface area contributed by atoms with E-state index in [-0.39, 0.29) is 17.6 Å². The Hall–Kier alpha value is -3.85. The lowest BCUT2D eigenvalue weighted by Crippen LogP contribution is -2.13. The van der Waals surface area contributed by atoms with Gasteiger partial charge in [-0.15, -0.1) is 0 Å². The zero-order valence-corrected chi connectivity index (χ0v) is 17.4. The van der Waals surface area contributed by atoms with Crippen molar-refractivity contribution in [1.29, 1.82) is 0 Å². The van der Waals surface area contributed by atoms with Crippen molar-refractivity contribution in [2.75, 3.05) is 10.6 Å². The smallest absolute Gasteiger partial charge is 0.291 e. The van der Waals surface area contributed by atoms with Crippen LogP contribution >= 0.6 is 11.8 Å². The van der Waals surface area contributed by atoms with Crippen LogP contribution in [0.5, 0.6) is 0 Å².